The summed E-state index contributed by atoms with van der Waals surface area (Å²) in [6.07, 6.45) is 3.07. The van der Waals surface area contributed by atoms with Gasteiger partial charge < -0.3 is 31.4 Å². The molecule has 1 saturated heterocycles. The van der Waals surface area contributed by atoms with Crippen LogP contribution in [-0.2, 0) is 25.6 Å². The lowest BCUT2D eigenvalue weighted by atomic mass is 10.0. The second kappa shape index (κ2) is 9.40. The lowest BCUT2D eigenvalue weighted by molar-refractivity contribution is -0.140. The van der Waals surface area contributed by atoms with Gasteiger partial charge >= 0.3 is 5.97 Å². The summed E-state index contributed by atoms with van der Waals surface area (Å²) < 4.78 is 0. The largest absolute Gasteiger partial charge is 0.480 e. The van der Waals surface area contributed by atoms with Crippen molar-refractivity contribution in [3.63, 3.8) is 0 Å². The molecule has 1 aromatic heterocycles. The molecule has 10 nitrogen and oxygen atoms in total. The number of hydrogen-bond acceptors (Lipinski definition) is 5. The molecule has 2 aromatic rings. The van der Waals surface area contributed by atoms with E-state index >= 15 is 0 Å². The second-order valence-corrected chi connectivity index (χ2v) is 7.19. The number of nitrogens with one attached hydrogen (secondary N) is 3. The Labute approximate surface area is 172 Å². The van der Waals surface area contributed by atoms with Gasteiger partial charge in [-0.15, -0.1) is 0 Å². The third-order valence-electron chi connectivity index (χ3n) is 5.20. The molecule has 6 N–H and O–H groups in total. The number of amides is 3. The van der Waals surface area contributed by atoms with Gasteiger partial charge in [0.15, 0.2) is 0 Å². The molecule has 0 aliphatic carbocycles. The normalized spacial score (nSPS) is 17.0. The smallest absolute Gasteiger partial charge is 0.322 e. The number of likely N-dealkylation sites (tertiary alicyclic amines) is 1. The minimum absolute atomic E-state index is 0.165. The zero-order valence-corrected chi connectivity index (χ0v) is 16.4. The summed E-state index contributed by atoms with van der Waals surface area (Å²) in [6, 6.07) is 5.85. The first-order valence-corrected chi connectivity index (χ1v) is 9.75. The summed E-state index contributed by atoms with van der Waals surface area (Å²) in [4.78, 5) is 52.9. The topological polar surface area (TPSA) is 158 Å². The fraction of sp³-hybridized carbons (Fsp3) is 0.400. The first-order chi connectivity index (χ1) is 14.4. The molecule has 1 aliphatic heterocycles. The molecule has 2 heterocycles. The van der Waals surface area contributed by atoms with Crippen LogP contribution in [0.15, 0.2) is 30.5 Å². The summed E-state index contributed by atoms with van der Waals surface area (Å²) >= 11 is 0. The summed E-state index contributed by atoms with van der Waals surface area (Å²) in [7, 11) is 0. The number of rotatable bonds is 8. The van der Waals surface area contributed by atoms with Crippen molar-refractivity contribution in [1.82, 2.24) is 20.5 Å². The van der Waals surface area contributed by atoms with Gasteiger partial charge in [-0.05, 0) is 24.5 Å². The number of fused-ring (bicyclic) bond motifs is 1. The van der Waals surface area contributed by atoms with Crippen LogP contribution < -0.4 is 16.4 Å². The Morgan fingerprint density at radius 2 is 2.03 bits per heavy atom. The molecule has 1 aliphatic rings. The fourth-order valence-corrected chi connectivity index (χ4v) is 3.74. The maximum Gasteiger partial charge on any atom is 0.322 e. The number of nitrogens with zero attached hydrogens (tertiary/aromatic N) is 1. The van der Waals surface area contributed by atoms with Gasteiger partial charge in [0.2, 0.25) is 17.7 Å². The van der Waals surface area contributed by atoms with E-state index in [9.17, 15) is 19.2 Å². The zero-order valence-electron chi connectivity index (χ0n) is 16.4. The van der Waals surface area contributed by atoms with Crippen molar-refractivity contribution < 1.29 is 24.3 Å². The van der Waals surface area contributed by atoms with Crippen LogP contribution >= 0.6 is 0 Å². The second-order valence-electron chi connectivity index (χ2n) is 7.19. The van der Waals surface area contributed by atoms with Crippen LogP contribution in [0.2, 0.25) is 0 Å². The van der Waals surface area contributed by atoms with E-state index in [0.29, 0.717) is 19.4 Å². The molecular formula is C20H25N5O5. The number of carbonyl (C=O) groups is 4. The third kappa shape index (κ3) is 4.77. The lowest BCUT2D eigenvalue weighted by Crippen LogP contribution is -2.54. The van der Waals surface area contributed by atoms with Crippen molar-refractivity contribution in [2.45, 2.75) is 31.3 Å². The van der Waals surface area contributed by atoms with Crippen LogP contribution in [0.4, 0.5) is 0 Å². The van der Waals surface area contributed by atoms with Gasteiger partial charge in [0.1, 0.15) is 18.6 Å². The van der Waals surface area contributed by atoms with Crippen LogP contribution in [0.5, 0.6) is 0 Å². The minimum atomic E-state index is -1.18. The standard InChI is InChI=1S/C20H25N5O5/c21-9-17(26)25-7-3-6-16(25)20(30)24-15(19(29)23-11-18(27)28)8-12-10-22-14-5-2-1-4-13(12)14/h1-2,4-5,10,15-16,22H,3,6-9,11,21H2,(H,23,29)(H,24,30)(H,27,28). The average Bonchev–Trinajstić information content (AvgIpc) is 3.38. The SMILES string of the molecule is NCC(=O)N1CCCC1C(=O)NC(Cc1c[nH]c2ccccc12)C(=O)NCC(=O)O. The van der Waals surface area contributed by atoms with Crippen LogP contribution in [0.25, 0.3) is 10.9 Å². The van der Waals surface area contributed by atoms with Crippen molar-refractivity contribution in [2.75, 3.05) is 19.6 Å². The Morgan fingerprint density at radius 1 is 1.27 bits per heavy atom. The number of aliphatic carboxylic acids is 1. The van der Waals surface area contributed by atoms with E-state index in [1.165, 1.54) is 4.90 Å². The number of aromatic nitrogens is 1. The Bertz CT molecular complexity index is 956. The van der Waals surface area contributed by atoms with Crippen molar-refractivity contribution in [1.29, 1.82) is 0 Å². The number of aromatic amines is 1. The quantitative estimate of drug-likeness (QED) is 0.385. The molecular weight excluding hydrogens is 390 g/mol. The van der Waals surface area contributed by atoms with Gasteiger partial charge in [0.05, 0.1) is 6.54 Å². The number of para-hydroxylation sites is 1. The number of carbonyl (C=O) groups excluding carboxylic acids is 3. The van der Waals surface area contributed by atoms with E-state index < -0.39 is 36.4 Å². The van der Waals surface area contributed by atoms with Gasteiger partial charge in [-0.2, -0.15) is 0 Å². The first-order valence-electron chi connectivity index (χ1n) is 9.75. The Hall–Kier alpha value is -3.40. The van der Waals surface area contributed by atoms with E-state index in [0.717, 1.165) is 16.5 Å². The number of H-pyrrole nitrogens is 1. The van der Waals surface area contributed by atoms with Crippen molar-refractivity contribution >= 4 is 34.6 Å². The van der Waals surface area contributed by atoms with Gasteiger partial charge in [-0.25, -0.2) is 0 Å². The predicted molar refractivity (Wildman–Crippen MR) is 108 cm³/mol. The monoisotopic (exact) mass is 415 g/mol. The fourth-order valence-electron chi connectivity index (χ4n) is 3.74. The number of nitrogens with two attached hydrogens (primary N) is 1. The molecule has 0 bridgehead atoms. The van der Waals surface area contributed by atoms with E-state index in [4.69, 9.17) is 10.8 Å². The summed E-state index contributed by atoms with van der Waals surface area (Å²) in [6.45, 7) is -0.311. The molecule has 3 rings (SSSR count). The maximum atomic E-state index is 12.9. The van der Waals surface area contributed by atoms with Crippen LogP contribution in [0, 0.1) is 0 Å². The number of hydrogen-bond donors (Lipinski definition) is 5. The lowest BCUT2D eigenvalue weighted by Gasteiger charge is -2.26. The molecule has 0 saturated carbocycles. The van der Waals surface area contributed by atoms with E-state index in [2.05, 4.69) is 15.6 Å². The number of carboxylic acid groups (broad SMARTS) is 1. The molecule has 160 valence electrons. The molecule has 3 amide bonds. The van der Waals surface area contributed by atoms with Gasteiger partial charge in [-0.1, -0.05) is 18.2 Å². The molecule has 10 heteroatoms. The van der Waals surface area contributed by atoms with Crippen LogP contribution in [-0.4, -0.2) is 70.4 Å². The van der Waals surface area contributed by atoms with Gasteiger partial charge in [0.25, 0.3) is 0 Å². The molecule has 1 aromatic carbocycles. The molecule has 30 heavy (non-hydrogen) atoms. The minimum Gasteiger partial charge on any atom is -0.480 e. The zero-order chi connectivity index (χ0) is 21.7. The van der Waals surface area contributed by atoms with E-state index in [1.54, 1.807) is 6.20 Å². The predicted octanol–water partition coefficient (Wildman–Crippen LogP) is -0.654. The van der Waals surface area contributed by atoms with Crippen LogP contribution in [0.1, 0.15) is 18.4 Å². The van der Waals surface area contributed by atoms with Crippen molar-refractivity contribution in [3.8, 4) is 0 Å². The third-order valence-corrected chi connectivity index (χ3v) is 5.20. The first kappa shape index (κ1) is 21.3. The average molecular weight is 415 g/mol. The molecule has 2 atom stereocenters. The summed E-state index contributed by atoms with van der Waals surface area (Å²) in [5, 5.41) is 14.8. The summed E-state index contributed by atoms with van der Waals surface area (Å²) in [5.41, 5.74) is 7.12. The molecule has 0 radical (unpaired) electrons. The molecule has 0 spiro atoms. The Balaban J connectivity index is 1.78. The molecule has 1 fully saturated rings. The van der Waals surface area contributed by atoms with E-state index in [1.807, 2.05) is 24.3 Å². The highest BCUT2D eigenvalue weighted by Gasteiger charge is 2.35. The van der Waals surface area contributed by atoms with Gasteiger partial charge in [0, 0.05) is 30.1 Å². The van der Waals surface area contributed by atoms with Gasteiger partial charge in [-0.3, -0.25) is 19.2 Å². The highest BCUT2D eigenvalue weighted by Crippen LogP contribution is 2.20. The maximum absolute atomic E-state index is 12.9. The number of benzene rings is 1. The van der Waals surface area contributed by atoms with Crippen LogP contribution in [0.3, 0.4) is 0 Å². The highest BCUT2D eigenvalue weighted by molar-refractivity contribution is 5.94. The highest BCUT2D eigenvalue weighted by atomic mass is 16.4. The Morgan fingerprint density at radius 3 is 2.77 bits per heavy atom. The number of carboxylic acids is 1. The Kier molecular flexibility index (Phi) is 6.68. The summed E-state index contributed by atoms with van der Waals surface area (Å²) in [5.74, 6) is -2.57. The van der Waals surface area contributed by atoms with Crippen molar-refractivity contribution in [2.24, 2.45) is 5.73 Å². The van der Waals surface area contributed by atoms with E-state index in [-0.39, 0.29) is 18.9 Å². The van der Waals surface area contributed by atoms with Crippen molar-refractivity contribution in [3.05, 3.63) is 36.0 Å². The molecule has 2 unspecified atom stereocenters.